The van der Waals surface area contributed by atoms with Crippen molar-refractivity contribution in [3.8, 4) is 0 Å². The second-order valence-electron chi connectivity index (χ2n) is 4.25. The number of nitrogens with one attached hydrogen (secondary N) is 1. The van der Waals surface area contributed by atoms with Gasteiger partial charge in [0.1, 0.15) is 5.54 Å². The van der Waals surface area contributed by atoms with Gasteiger partial charge in [0.05, 0.1) is 11.9 Å². The van der Waals surface area contributed by atoms with Crippen molar-refractivity contribution in [1.82, 2.24) is 5.32 Å². The third kappa shape index (κ3) is 1.68. The quantitative estimate of drug-likeness (QED) is 0.666. The number of fused-ring (bicyclic) bond motifs is 1. The van der Waals surface area contributed by atoms with Crippen molar-refractivity contribution in [3.05, 3.63) is 22.5 Å². The van der Waals surface area contributed by atoms with E-state index >= 15 is 0 Å². The molecule has 2 atom stereocenters. The maximum absolute atomic E-state index is 6.43. The van der Waals surface area contributed by atoms with Gasteiger partial charge in [-0.15, -0.1) is 0 Å². The van der Waals surface area contributed by atoms with E-state index < -0.39 is 5.54 Å². The number of rotatable bonds is 0. The number of amidine groups is 1. The SMILES string of the molecule is CC1=C(Cl)[C@@]2(C)NC(Cl)=NC=C2N=CC1C. The van der Waals surface area contributed by atoms with E-state index in [1.807, 2.05) is 20.1 Å². The van der Waals surface area contributed by atoms with E-state index in [2.05, 4.69) is 22.2 Å². The number of hydrogen-bond acceptors (Lipinski definition) is 3. The predicted molar refractivity (Wildman–Crippen MR) is 69.1 cm³/mol. The largest absolute Gasteiger partial charge is 0.345 e. The van der Waals surface area contributed by atoms with Gasteiger partial charge >= 0.3 is 0 Å². The number of allylic oxidation sites excluding steroid dienone is 1. The molecule has 1 N–H and O–H groups in total. The standard InChI is InChI=1S/C11H13Cl2N3/c1-6-4-14-8-5-15-10(13)16-11(8,3)9(12)7(6)2/h4-6H,1-3H3,(H,15,16)/t6?,11-/m0/s1. The highest BCUT2D eigenvalue weighted by molar-refractivity contribution is 6.65. The summed E-state index contributed by atoms with van der Waals surface area (Å²) in [6.45, 7) is 6.02. The van der Waals surface area contributed by atoms with E-state index in [0.29, 0.717) is 5.29 Å². The van der Waals surface area contributed by atoms with Gasteiger partial charge in [-0.3, -0.25) is 4.99 Å². The average Bonchev–Trinajstić information content (AvgIpc) is 2.31. The van der Waals surface area contributed by atoms with Crippen LogP contribution in [0.15, 0.2) is 32.5 Å². The highest BCUT2D eigenvalue weighted by Crippen LogP contribution is 2.37. The van der Waals surface area contributed by atoms with Gasteiger partial charge in [0.2, 0.25) is 0 Å². The summed E-state index contributed by atoms with van der Waals surface area (Å²) in [7, 11) is 0. The summed E-state index contributed by atoms with van der Waals surface area (Å²) in [6.07, 6.45) is 3.54. The number of hydrogen-bond donors (Lipinski definition) is 1. The summed E-state index contributed by atoms with van der Waals surface area (Å²) >= 11 is 12.3. The third-order valence-corrected chi connectivity index (χ3v) is 3.94. The van der Waals surface area contributed by atoms with Gasteiger partial charge in [-0.2, -0.15) is 0 Å². The van der Waals surface area contributed by atoms with Crippen molar-refractivity contribution < 1.29 is 0 Å². The minimum atomic E-state index is -0.564. The zero-order valence-corrected chi connectivity index (χ0v) is 10.9. The van der Waals surface area contributed by atoms with Crippen LogP contribution >= 0.6 is 23.2 Å². The zero-order chi connectivity index (χ0) is 11.9. The Morgan fingerprint density at radius 2 is 2.12 bits per heavy atom. The molecule has 0 aromatic rings. The van der Waals surface area contributed by atoms with E-state index in [9.17, 15) is 0 Å². The Hall–Kier alpha value is -0.800. The fourth-order valence-electron chi connectivity index (χ4n) is 1.78. The van der Waals surface area contributed by atoms with E-state index in [1.54, 1.807) is 6.20 Å². The molecule has 2 aliphatic heterocycles. The fourth-order valence-corrected chi connectivity index (χ4v) is 2.33. The Kier molecular flexibility index (Phi) is 2.84. The molecule has 0 saturated heterocycles. The highest BCUT2D eigenvalue weighted by atomic mass is 35.5. The summed E-state index contributed by atoms with van der Waals surface area (Å²) in [5.74, 6) is 0.219. The van der Waals surface area contributed by atoms with Crippen LogP contribution in [0.5, 0.6) is 0 Å². The number of halogens is 2. The zero-order valence-electron chi connectivity index (χ0n) is 9.38. The van der Waals surface area contributed by atoms with Gasteiger partial charge in [-0.05, 0) is 31.0 Å². The summed E-state index contributed by atoms with van der Waals surface area (Å²) < 4.78 is 0. The minimum absolute atomic E-state index is 0.219. The van der Waals surface area contributed by atoms with Crippen molar-refractivity contribution in [1.29, 1.82) is 0 Å². The molecule has 5 heteroatoms. The first-order chi connectivity index (χ1) is 7.45. The summed E-state index contributed by atoms with van der Waals surface area (Å²) in [4.78, 5) is 8.41. The van der Waals surface area contributed by atoms with E-state index in [1.165, 1.54) is 0 Å². The Labute approximate surface area is 105 Å². The van der Waals surface area contributed by atoms with Crippen LogP contribution in [0.1, 0.15) is 20.8 Å². The minimum Gasteiger partial charge on any atom is -0.345 e. The van der Waals surface area contributed by atoms with Crippen molar-refractivity contribution in [2.24, 2.45) is 15.9 Å². The lowest BCUT2D eigenvalue weighted by molar-refractivity contribution is 0.579. The molecule has 0 amide bonds. The predicted octanol–water partition coefficient (Wildman–Crippen LogP) is 3.02. The molecule has 3 nitrogen and oxygen atoms in total. The Bertz CT molecular complexity index is 448. The summed E-state index contributed by atoms with van der Waals surface area (Å²) in [6, 6.07) is 0. The molecule has 0 aromatic carbocycles. The molecule has 16 heavy (non-hydrogen) atoms. The molecule has 0 bridgehead atoms. The van der Waals surface area contributed by atoms with Crippen molar-refractivity contribution in [2.75, 3.05) is 0 Å². The van der Waals surface area contributed by atoms with Crippen LogP contribution < -0.4 is 5.32 Å². The van der Waals surface area contributed by atoms with E-state index in [-0.39, 0.29) is 5.92 Å². The molecule has 86 valence electrons. The first-order valence-electron chi connectivity index (χ1n) is 5.08. The fraction of sp³-hybridized carbons (Fsp3) is 0.455. The molecule has 2 heterocycles. The first-order valence-corrected chi connectivity index (χ1v) is 5.84. The lowest BCUT2D eigenvalue weighted by Crippen LogP contribution is -2.47. The molecule has 1 unspecified atom stereocenters. The van der Waals surface area contributed by atoms with Crippen LogP contribution in [-0.4, -0.2) is 17.0 Å². The normalized spacial score (nSPS) is 33.7. The van der Waals surface area contributed by atoms with Crippen LogP contribution in [0.2, 0.25) is 0 Å². The number of aliphatic imine (C=N–C) groups is 2. The molecule has 0 aromatic heterocycles. The van der Waals surface area contributed by atoms with Crippen LogP contribution in [0.4, 0.5) is 0 Å². The topological polar surface area (TPSA) is 36.8 Å². The lowest BCUT2D eigenvalue weighted by Gasteiger charge is -2.33. The van der Waals surface area contributed by atoms with E-state index in [4.69, 9.17) is 23.2 Å². The van der Waals surface area contributed by atoms with Gasteiger partial charge in [-0.25, -0.2) is 4.99 Å². The third-order valence-electron chi connectivity index (χ3n) is 3.07. The maximum Gasteiger partial charge on any atom is 0.196 e. The molecular formula is C11H13Cl2N3. The van der Waals surface area contributed by atoms with Gasteiger partial charge in [0.15, 0.2) is 5.29 Å². The van der Waals surface area contributed by atoms with Crippen molar-refractivity contribution >= 4 is 34.7 Å². The molecule has 0 aliphatic carbocycles. The van der Waals surface area contributed by atoms with Gasteiger partial charge in [0.25, 0.3) is 0 Å². The smallest absolute Gasteiger partial charge is 0.196 e. The first kappa shape index (κ1) is 11.7. The van der Waals surface area contributed by atoms with Crippen molar-refractivity contribution in [3.63, 3.8) is 0 Å². The summed E-state index contributed by atoms with van der Waals surface area (Å²) in [5, 5.41) is 4.15. The molecule has 0 radical (unpaired) electrons. The highest BCUT2D eigenvalue weighted by Gasteiger charge is 2.38. The van der Waals surface area contributed by atoms with Crippen LogP contribution in [0.3, 0.4) is 0 Å². The van der Waals surface area contributed by atoms with Gasteiger partial charge in [0, 0.05) is 17.2 Å². The Balaban J connectivity index is 2.59. The molecule has 0 saturated carbocycles. The van der Waals surface area contributed by atoms with Crippen molar-refractivity contribution in [2.45, 2.75) is 26.3 Å². The Morgan fingerprint density at radius 3 is 2.81 bits per heavy atom. The van der Waals surface area contributed by atoms with Crippen LogP contribution in [-0.2, 0) is 0 Å². The number of nitrogens with zero attached hydrogens (tertiary/aromatic N) is 2. The molecule has 0 fully saturated rings. The molecular weight excluding hydrogens is 245 g/mol. The second-order valence-corrected chi connectivity index (χ2v) is 4.98. The average molecular weight is 258 g/mol. The van der Waals surface area contributed by atoms with Crippen LogP contribution in [0.25, 0.3) is 0 Å². The Morgan fingerprint density at radius 1 is 1.44 bits per heavy atom. The molecule has 2 rings (SSSR count). The molecule has 0 spiro atoms. The van der Waals surface area contributed by atoms with E-state index in [0.717, 1.165) is 16.3 Å². The van der Waals surface area contributed by atoms with Gasteiger partial charge < -0.3 is 5.32 Å². The lowest BCUT2D eigenvalue weighted by atomic mass is 9.92. The van der Waals surface area contributed by atoms with Crippen LogP contribution in [0, 0.1) is 5.92 Å². The van der Waals surface area contributed by atoms with Gasteiger partial charge in [-0.1, -0.05) is 18.5 Å². The monoisotopic (exact) mass is 257 g/mol. The second kappa shape index (κ2) is 3.90. The molecule has 2 aliphatic rings. The summed E-state index contributed by atoms with van der Waals surface area (Å²) in [5.41, 5.74) is 1.31. The maximum atomic E-state index is 6.43.